The maximum atomic E-state index is 14.2. The number of hydrogen-bond acceptors (Lipinski definition) is 5. The normalized spacial score (nSPS) is 14.1. The van der Waals surface area contributed by atoms with Crippen molar-refractivity contribution < 1.29 is 13.6 Å². The summed E-state index contributed by atoms with van der Waals surface area (Å²) in [5.41, 5.74) is 3.92. The predicted molar refractivity (Wildman–Crippen MR) is 139 cm³/mol. The van der Waals surface area contributed by atoms with E-state index in [1.54, 1.807) is 30.3 Å². The van der Waals surface area contributed by atoms with Crippen molar-refractivity contribution in [1.82, 2.24) is 15.2 Å². The van der Waals surface area contributed by atoms with Gasteiger partial charge in [0.25, 0.3) is 5.91 Å². The smallest absolute Gasteiger partial charge is 0.252 e. The molecule has 0 bridgehead atoms. The van der Waals surface area contributed by atoms with Crippen LogP contribution in [0, 0.1) is 12.7 Å². The summed E-state index contributed by atoms with van der Waals surface area (Å²) in [6, 6.07) is 22.2. The van der Waals surface area contributed by atoms with E-state index in [0.717, 1.165) is 32.7 Å². The average molecular weight is 485 g/mol. The van der Waals surface area contributed by atoms with Gasteiger partial charge in [-0.25, -0.2) is 9.37 Å². The second kappa shape index (κ2) is 10.7. The van der Waals surface area contributed by atoms with E-state index in [4.69, 9.17) is 4.42 Å². The molecule has 5 rings (SSSR count). The highest BCUT2D eigenvalue weighted by molar-refractivity contribution is 6.00. The average Bonchev–Trinajstić information content (AvgIpc) is 3.39. The summed E-state index contributed by atoms with van der Waals surface area (Å²) < 4.78 is 20.0. The first-order valence-electron chi connectivity index (χ1n) is 12.2. The lowest BCUT2D eigenvalue weighted by Gasteiger charge is -2.36. The number of aryl methyl sites for hydroxylation is 1. The van der Waals surface area contributed by atoms with E-state index in [0.29, 0.717) is 29.0 Å². The first-order valence-corrected chi connectivity index (χ1v) is 12.2. The van der Waals surface area contributed by atoms with Crippen LogP contribution >= 0.6 is 0 Å². The Morgan fingerprint density at radius 3 is 2.50 bits per heavy atom. The van der Waals surface area contributed by atoms with Crippen molar-refractivity contribution in [3.05, 3.63) is 95.9 Å². The Balaban J connectivity index is 1.18. The van der Waals surface area contributed by atoms with Crippen LogP contribution in [0.2, 0.25) is 0 Å². The predicted octanol–water partition coefficient (Wildman–Crippen LogP) is 5.01. The molecule has 0 unspecified atom stereocenters. The minimum atomic E-state index is -0.383. The monoisotopic (exact) mass is 484 g/mol. The fourth-order valence-electron chi connectivity index (χ4n) is 4.53. The van der Waals surface area contributed by atoms with E-state index in [2.05, 4.69) is 51.3 Å². The summed E-state index contributed by atoms with van der Waals surface area (Å²) in [4.78, 5) is 22.1. The van der Waals surface area contributed by atoms with Crippen LogP contribution in [-0.2, 0) is 0 Å². The minimum Gasteiger partial charge on any atom is -0.436 e. The van der Waals surface area contributed by atoms with E-state index in [9.17, 15) is 9.18 Å². The van der Waals surface area contributed by atoms with E-state index < -0.39 is 0 Å². The van der Waals surface area contributed by atoms with Crippen LogP contribution in [-0.4, -0.2) is 55.1 Å². The van der Waals surface area contributed by atoms with Crippen molar-refractivity contribution in [2.45, 2.75) is 6.92 Å². The van der Waals surface area contributed by atoms with E-state index in [1.807, 2.05) is 12.1 Å². The molecule has 6 nitrogen and oxygen atoms in total. The van der Waals surface area contributed by atoms with Gasteiger partial charge in [0.05, 0.1) is 17.3 Å². The maximum absolute atomic E-state index is 14.2. The van der Waals surface area contributed by atoms with Crippen molar-refractivity contribution in [1.29, 1.82) is 0 Å². The van der Waals surface area contributed by atoms with Gasteiger partial charge in [-0.05, 0) is 48.9 Å². The fraction of sp³-hybridized carbons (Fsp3) is 0.241. The number of aromatic nitrogens is 1. The van der Waals surface area contributed by atoms with Crippen LogP contribution in [0.5, 0.6) is 0 Å². The van der Waals surface area contributed by atoms with Crippen molar-refractivity contribution in [2.75, 3.05) is 44.2 Å². The third-order valence-electron chi connectivity index (χ3n) is 6.50. The molecule has 2 heterocycles. The summed E-state index contributed by atoms with van der Waals surface area (Å²) in [6.07, 6.45) is 1.48. The van der Waals surface area contributed by atoms with Crippen molar-refractivity contribution >= 4 is 11.6 Å². The third-order valence-corrected chi connectivity index (χ3v) is 6.50. The van der Waals surface area contributed by atoms with Crippen molar-refractivity contribution in [3.63, 3.8) is 0 Å². The summed E-state index contributed by atoms with van der Waals surface area (Å²) in [6.45, 7) is 7.29. The number of carbonyl (C=O) groups is 1. The first kappa shape index (κ1) is 23.8. The second-order valence-corrected chi connectivity index (χ2v) is 8.98. The molecule has 1 saturated heterocycles. The molecule has 7 heteroatoms. The van der Waals surface area contributed by atoms with Gasteiger partial charge < -0.3 is 14.6 Å². The molecule has 0 radical (unpaired) electrons. The Hall–Kier alpha value is -3.97. The zero-order chi connectivity index (χ0) is 24.9. The van der Waals surface area contributed by atoms with Crippen molar-refractivity contribution in [2.24, 2.45) is 0 Å². The Kier molecular flexibility index (Phi) is 7.09. The number of carbonyl (C=O) groups excluding carboxylic acids is 1. The molecule has 0 saturated carbocycles. The van der Waals surface area contributed by atoms with Crippen LogP contribution in [0.25, 0.3) is 22.8 Å². The Morgan fingerprint density at radius 1 is 0.972 bits per heavy atom. The summed E-state index contributed by atoms with van der Waals surface area (Å²) in [5, 5.41) is 3.03. The fourth-order valence-corrected chi connectivity index (χ4v) is 4.53. The molecule has 0 aliphatic carbocycles. The molecule has 1 amide bonds. The highest BCUT2D eigenvalue weighted by atomic mass is 19.1. The molecule has 3 aromatic carbocycles. The number of nitrogens with one attached hydrogen (secondary N) is 1. The summed E-state index contributed by atoms with van der Waals surface area (Å²) in [7, 11) is 0. The van der Waals surface area contributed by atoms with Gasteiger partial charge in [-0.2, -0.15) is 0 Å². The standard InChI is InChI=1S/C29H29FN4O2/c1-21-7-6-8-22(19-21)34-17-15-33(16-18-34)14-13-31-28(35)23-9-2-3-10-24(23)29-32-20-27(36-29)25-11-4-5-12-26(25)30/h2-12,19-20H,13-18H2,1H3,(H,31,35). The van der Waals surface area contributed by atoms with Gasteiger partial charge in [0.15, 0.2) is 5.76 Å². The lowest BCUT2D eigenvalue weighted by Crippen LogP contribution is -2.48. The van der Waals surface area contributed by atoms with Crippen LogP contribution < -0.4 is 10.2 Å². The van der Waals surface area contributed by atoms with Gasteiger partial charge in [-0.1, -0.05) is 36.4 Å². The maximum Gasteiger partial charge on any atom is 0.252 e. The zero-order valence-corrected chi connectivity index (χ0v) is 20.3. The van der Waals surface area contributed by atoms with Crippen LogP contribution in [0.15, 0.2) is 83.4 Å². The topological polar surface area (TPSA) is 61.6 Å². The molecule has 1 aromatic heterocycles. The number of halogens is 1. The van der Waals surface area contributed by atoms with Gasteiger partial charge in [0.2, 0.25) is 5.89 Å². The highest BCUT2D eigenvalue weighted by Gasteiger charge is 2.20. The number of rotatable bonds is 7. The SMILES string of the molecule is Cc1cccc(N2CCN(CCNC(=O)c3ccccc3-c3ncc(-c4ccccc4F)o3)CC2)c1. The van der Waals surface area contributed by atoms with Gasteiger partial charge >= 0.3 is 0 Å². The molecular formula is C29H29FN4O2. The Labute approximate surface area is 210 Å². The summed E-state index contributed by atoms with van der Waals surface area (Å²) in [5.74, 6) is 0.0370. The molecule has 184 valence electrons. The first-order chi connectivity index (χ1) is 17.6. The van der Waals surface area contributed by atoms with Crippen LogP contribution in [0.4, 0.5) is 10.1 Å². The number of hydrogen-bond donors (Lipinski definition) is 1. The summed E-state index contributed by atoms with van der Waals surface area (Å²) >= 11 is 0. The van der Waals surface area contributed by atoms with E-state index in [1.165, 1.54) is 23.5 Å². The largest absolute Gasteiger partial charge is 0.436 e. The van der Waals surface area contributed by atoms with Gasteiger partial charge in [0.1, 0.15) is 5.82 Å². The number of anilines is 1. The highest BCUT2D eigenvalue weighted by Crippen LogP contribution is 2.29. The molecule has 0 atom stereocenters. The minimum absolute atomic E-state index is 0.186. The number of amides is 1. The number of nitrogens with zero attached hydrogens (tertiary/aromatic N) is 3. The van der Waals surface area contributed by atoms with Crippen LogP contribution in [0.1, 0.15) is 15.9 Å². The van der Waals surface area contributed by atoms with Gasteiger partial charge in [-0.3, -0.25) is 9.69 Å². The van der Waals surface area contributed by atoms with Gasteiger partial charge in [0, 0.05) is 50.5 Å². The molecule has 1 N–H and O–H groups in total. The van der Waals surface area contributed by atoms with E-state index in [-0.39, 0.29) is 17.6 Å². The number of benzene rings is 3. The Morgan fingerprint density at radius 2 is 1.72 bits per heavy atom. The molecule has 0 spiro atoms. The Bertz CT molecular complexity index is 1340. The molecule has 4 aromatic rings. The molecule has 1 aliphatic rings. The number of oxazole rings is 1. The van der Waals surface area contributed by atoms with Crippen LogP contribution in [0.3, 0.4) is 0 Å². The number of piperazine rings is 1. The molecular weight excluding hydrogens is 455 g/mol. The second-order valence-electron chi connectivity index (χ2n) is 8.98. The quantitative estimate of drug-likeness (QED) is 0.400. The lowest BCUT2D eigenvalue weighted by molar-refractivity contribution is 0.0948. The molecule has 36 heavy (non-hydrogen) atoms. The van der Waals surface area contributed by atoms with Gasteiger partial charge in [-0.15, -0.1) is 0 Å². The lowest BCUT2D eigenvalue weighted by atomic mass is 10.1. The zero-order valence-electron chi connectivity index (χ0n) is 20.3. The molecule has 1 fully saturated rings. The van der Waals surface area contributed by atoms with E-state index >= 15 is 0 Å². The third kappa shape index (κ3) is 5.31. The molecule has 1 aliphatic heterocycles. The van der Waals surface area contributed by atoms with Crippen molar-refractivity contribution in [3.8, 4) is 22.8 Å².